The molecule has 0 radical (unpaired) electrons. The molecule has 1 saturated heterocycles. The minimum absolute atomic E-state index is 0.0480. The summed E-state index contributed by atoms with van der Waals surface area (Å²) in [6.45, 7) is 10.2. The van der Waals surface area contributed by atoms with Crippen LogP contribution in [0, 0.1) is 5.82 Å². The molecule has 0 spiro atoms. The van der Waals surface area contributed by atoms with E-state index in [0.717, 1.165) is 37.6 Å². The second-order valence-electron chi connectivity index (χ2n) is 9.57. The summed E-state index contributed by atoms with van der Waals surface area (Å²) in [6.07, 6.45) is 1.67. The van der Waals surface area contributed by atoms with Crippen LogP contribution >= 0.6 is 0 Å². The highest BCUT2D eigenvalue weighted by Crippen LogP contribution is 2.25. The Morgan fingerprint density at radius 3 is 2.24 bits per heavy atom. The number of nitrogens with one attached hydrogen (secondary N) is 1. The van der Waals surface area contributed by atoms with Crippen LogP contribution in [0.2, 0.25) is 0 Å². The summed E-state index contributed by atoms with van der Waals surface area (Å²) in [5.41, 5.74) is 2.93. The second kappa shape index (κ2) is 9.79. The topological polar surface area (TPSA) is 48.7 Å². The smallest absolute Gasteiger partial charge is 0.251 e. The molecule has 2 aromatic carbocycles. The molecule has 1 fully saturated rings. The molecule has 1 amide bonds. The van der Waals surface area contributed by atoms with E-state index in [1.807, 2.05) is 48.5 Å². The van der Waals surface area contributed by atoms with Gasteiger partial charge in [-0.1, -0.05) is 32.9 Å². The highest BCUT2D eigenvalue weighted by atomic mass is 19.1. The minimum atomic E-state index is -0.223. The number of benzene rings is 2. The van der Waals surface area contributed by atoms with Gasteiger partial charge in [-0.15, -0.1) is 0 Å². The molecular weight excluding hydrogens is 417 g/mol. The summed E-state index contributed by atoms with van der Waals surface area (Å²) >= 11 is 0. The first-order chi connectivity index (χ1) is 15.8. The molecule has 1 aromatic heterocycles. The molecule has 0 unspecified atom stereocenters. The van der Waals surface area contributed by atoms with E-state index in [2.05, 4.69) is 35.9 Å². The van der Waals surface area contributed by atoms with Gasteiger partial charge in [0.25, 0.3) is 5.91 Å². The van der Waals surface area contributed by atoms with Crippen molar-refractivity contribution in [3.8, 4) is 0 Å². The molecule has 0 aliphatic carbocycles. The molecule has 174 valence electrons. The Morgan fingerprint density at radius 2 is 1.67 bits per heavy atom. The quantitative estimate of drug-likeness (QED) is 0.575. The monoisotopic (exact) mass is 449 g/mol. The van der Waals surface area contributed by atoms with Crippen molar-refractivity contribution in [2.45, 2.75) is 32.2 Å². The van der Waals surface area contributed by atoms with Crippen LogP contribution in [-0.4, -0.2) is 43.5 Å². The molecule has 1 aliphatic heterocycles. The van der Waals surface area contributed by atoms with Gasteiger partial charge in [0, 0.05) is 44.0 Å². The summed E-state index contributed by atoms with van der Waals surface area (Å²) in [4.78, 5) is 17.4. The third kappa shape index (κ3) is 5.63. The van der Waals surface area contributed by atoms with Crippen molar-refractivity contribution in [3.05, 3.63) is 89.6 Å². The molecule has 4 rings (SSSR count). The molecule has 0 bridgehead atoms. The highest BCUT2D eigenvalue weighted by Gasteiger charge is 2.27. The van der Waals surface area contributed by atoms with E-state index in [1.165, 1.54) is 17.7 Å². The van der Waals surface area contributed by atoms with Gasteiger partial charge in [0.05, 0.1) is 12.3 Å². The van der Waals surface area contributed by atoms with Crippen LogP contribution in [0.15, 0.2) is 71.3 Å². The van der Waals surface area contributed by atoms with Gasteiger partial charge < -0.3 is 14.6 Å². The largest absolute Gasteiger partial charge is 0.468 e. The maximum Gasteiger partial charge on any atom is 0.251 e. The lowest BCUT2D eigenvalue weighted by molar-refractivity contribution is 0.0922. The molecule has 6 heteroatoms. The van der Waals surface area contributed by atoms with E-state index >= 15 is 0 Å². The average Bonchev–Trinajstić information content (AvgIpc) is 3.34. The fourth-order valence-electron chi connectivity index (χ4n) is 4.25. The Balaban J connectivity index is 1.39. The van der Waals surface area contributed by atoms with E-state index in [-0.39, 0.29) is 23.2 Å². The number of piperazine rings is 1. The number of rotatable bonds is 6. The number of carbonyl (C=O) groups is 1. The molecule has 1 N–H and O–H groups in total. The van der Waals surface area contributed by atoms with Gasteiger partial charge in [-0.3, -0.25) is 9.69 Å². The van der Waals surface area contributed by atoms with E-state index in [4.69, 9.17) is 4.42 Å². The standard InChI is InChI=1S/C27H32FN3O2/c1-27(2,3)21-8-6-20(7-9-21)26(32)29-19-24(25-5-4-18-33-25)31-16-14-30(15-17-31)23-12-10-22(28)11-13-23/h4-13,18,24H,14-17,19H2,1-3H3,(H,29,32)/t24-/m1/s1. The normalized spacial score (nSPS) is 15.9. The second-order valence-corrected chi connectivity index (χ2v) is 9.57. The number of anilines is 1. The number of furan rings is 1. The van der Waals surface area contributed by atoms with E-state index < -0.39 is 0 Å². The predicted molar refractivity (Wildman–Crippen MR) is 129 cm³/mol. The Kier molecular flexibility index (Phi) is 6.84. The maximum absolute atomic E-state index is 13.3. The Bertz CT molecular complexity index is 1030. The summed E-state index contributed by atoms with van der Waals surface area (Å²) in [7, 11) is 0. The summed E-state index contributed by atoms with van der Waals surface area (Å²) in [5, 5.41) is 3.10. The van der Waals surface area contributed by atoms with Crippen LogP contribution in [0.25, 0.3) is 0 Å². The van der Waals surface area contributed by atoms with Gasteiger partial charge in [0.2, 0.25) is 0 Å². The van der Waals surface area contributed by atoms with Crippen LogP contribution in [0.1, 0.15) is 48.5 Å². The molecule has 5 nitrogen and oxygen atoms in total. The van der Waals surface area contributed by atoms with E-state index in [1.54, 1.807) is 6.26 Å². The first-order valence-corrected chi connectivity index (χ1v) is 11.5. The van der Waals surface area contributed by atoms with Crippen molar-refractivity contribution >= 4 is 11.6 Å². The minimum Gasteiger partial charge on any atom is -0.468 e. The first kappa shape index (κ1) is 23.1. The van der Waals surface area contributed by atoms with Gasteiger partial charge >= 0.3 is 0 Å². The highest BCUT2D eigenvalue weighted by molar-refractivity contribution is 5.94. The maximum atomic E-state index is 13.3. The fraction of sp³-hybridized carbons (Fsp3) is 0.370. The lowest BCUT2D eigenvalue weighted by atomic mass is 9.87. The van der Waals surface area contributed by atoms with Gasteiger partial charge in [-0.2, -0.15) is 0 Å². The number of hydrogen-bond acceptors (Lipinski definition) is 4. The molecule has 2 heterocycles. The Labute approximate surface area is 195 Å². The molecule has 3 aromatic rings. The van der Waals surface area contributed by atoms with Gasteiger partial charge in [-0.05, 0) is 59.5 Å². The fourth-order valence-corrected chi connectivity index (χ4v) is 4.25. The number of nitrogens with zero attached hydrogens (tertiary/aromatic N) is 2. The van der Waals surface area contributed by atoms with Crippen LogP contribution in [0.3, 0.4) is 0 Å². The van der Waals surface area contributed by atoms with Crippen LogP contribution in [0.4, 0.5) is 10.1 Å². The third-order valence-electron chi connectivity index (χ3n) is 6.29. The molecular formula is C27H32FN3O2. The van der Waals surface area contributed by atoms with Gasteiger partial charge in [0.15, 0.2) is 0 Å². The zero-order chi connectivity index (χ0) is 23.4. The Morgan fingerprint density at radius 1 is 1.00 bits per heavy atom. The lowest BCUT2D eigenvalue weighted by Gasteiger charge is -2.39. The number of amides is 1. The van der Waals surface area contributed by atoms with Crippen LogP contribution in [-0.2, 0) is 5.41 Å². The number of halogens is 1. The first-order valence-electron chi connectivity index (χ1n) is 11.5. The average molecular weight is 450 g/mol. The van der Waals surface area contributed by atoms with Crippen molar-refractivity contribution in [3.63, 3.8) is 0 Å². The SMILES string of the molecule is CC(C)(C)c1ccc(C(=O)NC[C@H](c2ccco2)N2CCN(c3ccc(F)cc3)CC2)cc1. The predicted octanol–water partition coefficient (Wildman–Crippen LogP) is 5.01. The third-order valence-corrected chi connectivity index (χ3v) is 6.29. The summed E-state index contributed by atoms with van der Waals surface area (Å²) in [6, 6.07) is 18.2. The zero-order valence-electron chi connectivity index (χ0n) is 19.6. The summed E-state index contributed by atoms with van der Waals surface area (Å²) in [5.74, 6) is 0.532. The number of hydrogen-bond donors (Lipinski definition) is 1. The Hall–Kier alpha value is -3.12. The van der Waals surface area contributed by atoms with Crippen molar-refractivity contribution < 1.29 is 13.6 Å². The van der Waals surface area contributed by atoms with Crippen LogP contribution < -0.4 is 10.2 Å². The van der Waals surface area contributed by atoms with E-state index in [0.29, 0.717) is 12.1 Å². The van der Waals surface area contributed by atoms with E-state index in [9.17, 15) is 9.18 Å². The van der Waals surface area contributed by atoms with Crippen molar-refractivity contribution in [1.82, 2.24) is 10.2 Å². The van der Waals surface area contributed by atoms with Gasteiger partial charge in [0.1, 0.15) is 11.6 Å². The molecule has 1 aliphatic rings. The molecule has 1 atom stereocenters. The van der Waals surface area contributed by atoms with Gasteiger partial charge in [-0.25, -0.2) is 4.39 Å². The molecule has 33 heavy (non-hydrogen) atoms. The van der Waals surface area contributed by atoms with Crippen LogP contribution in [0.5, 0.6) is 0 Å². The summed E-state index contributed by atoms with van der Waals surface area (Å²) < 4.78 is 19.0. The number of carbonyl (C=O) groups excluding carboxylic acids is 1. The van der Waals surface area contributed by atoms with Crippen molar-refractivity contribution in [2.75, 3.05) is 37.6 Å². The van der Waals surface area contributed by atoms with Crippen molar-refractivity contribution in [2.24, 2.45) is 0 Å². The molecule has 0 saturated carbocycles. The van der Waals surface area contributed by atoms with Crippen molar-refractivity contribution in [1.29, 1.82) is 0 Å². The lowest BCUT2D eigenvalue weighted by Crippen LogP contribution is -2.49. The zero-order valence-corrected chi connectivity index (χ0v) is 19.6.